The molecule has 0 radical (unpaired) electrons. The zero-order chi connectivity index (χ0) is 20.4. The van der Waals surface area contributed by atoms with Gasteiger partial charge in [0.2, 0.25) is 0 Å². The van der Waals surface area contributed by atoms with Crippen LogP contribution in [0.1, 0.15) is 35.8 Å². The molecule has 4 N–H and O–H groups in total. The van der Waals surface area contributed by atoms with E-state index in [1.807, 2.05) is 36.4 Å². The maximum atomic E-state index is 13.3. The highest BCUT2D eigenvalue weighted by atomic mass is 19.1. The molecule has 6 nitrogen and oxygen atoms in total. The number of nitrogens with zero attached hydrogens (tertiary/aromatic N) is 1. The van der Waals surface area contributed by atoms with Gasteiger partial charge in [0.1, 0.15) is 12.0 Å². The maximum Gasteiger partial charge on any atom is 0.166 e. The van der Waals surface area contributed by atoms with E-state index in [-0.39, 0.29) is 5.78 Å². The summed E-state index contributed by atoms with van der Waals surface area (Å²) in [6.45, 7) is 1.27. The fourth-order valence-corrected chi connectivity index (χ4v) is 3.54. The second kappa shape index (κ2) is 8.05. The van der Waals surface area contributed by atoms with Gasteiger partial charge in [-0.05, 0) is 44.0 Å². The monoisotopic (exact) mass is 394 g/mol. The first-order valence-corrected chi connectivity index (χ1v) is 9.68. The van der Waals surface area contributed by atoms with Gasteiger partial charge in [-0.15, -0.1) is 0 Å². The van der Waals surface area contributed by atoms with Crippen molar-refractivity contribution in [1.82, 2.24) is 9.97 Å². The number of benzene rings is 1. The van der Waals surface area contributed by atoms with Crippen LogP contribution in [0, 0.1) is 0 Å². The Labute approximate surface area is 168 Å². The summed E-state index contributed by atoms with van der Waals surface area (Å²) in [5.74, 6) is 0.463. The highest BCUT2D eigenvalue weighted by Crippen LogP contribution is 2.39. The molecule has 4 rings (SSSR count). The summed E-state index contributed by atoms with van der Waals surface area (Å²) in [6, 6.07) is 13.2. The number of nitrogens with one attached hydrogen (secondary N) is 3. The number of aliphatic hydroxyl groups excluding tert-OH is 1. The van der Waals surface area contributed by atoms with Gasteiger partial charge >= 0.3 is 0 Å². The summed E-state index contributed by atoms with van der Waals surface area (Å²) in [6.07, 6.45) is 0.946. The number of aromatic amines is 1. The first-order chi connectivity index (χ1) is 14.0. The third-order valence-corrected chi connectivity index (χ3v) is 5.01. The quantitative estimate of drug-likeness (QED) is 0.465. The standard InChI is InChI=1S/C22H23FN4O2/c1-13(23)22(29)27-18-12-14(10-11-24-18)20-21(25-15-6-3-2-4-7-15)19-16(26-20)8-5-9-17(19)28/h2-4,6-7,10-13,22,25-26,29H,5,8-9H2,1H3,(H,24,27). The van der Waals surface area contributed by atoms with Gasteiger partial charge in [0.05, 0.1) is 16.9 Å². The van der Waals surface area contributed by atoms with Crippen LogP contribution < -0.4 is 10.6 Å². The minimum Gasteiger partial charge on any atom is -0.371 e. The molecule has 1 aromatic carbocycles. The third kappa shape index (κ3) is 4.00. The van der Waals surface area contributed by atoms with E-state index in [0.717, 1.165) is 41.2 Å². The molecule has 0 bridgehead atoms. The Balaban J connectivity index is 1.76. The molecule has 29 heavy (non-hydrogen) atoms. The number of pyridine rings is 1. The summed E-state index contributed by atoms with van der Waals surface area (Å²) in [4.78, 5) is 20.2. The van der Waals surface area contributed by atoms with Crippen molar-refractivity contribution < 1.29 is 14.3 Å². The molecule has 0 amide bonds. The molecule has 2 aromatic heterocycles. The molecule has 0 saturated heterocycles. The second-order valence-corrected chi connectivity index (χ2v) is 7.19. The minimum atomic E-state index is -1.44. The van der Waals surface area contributed by atoms with Crippen molar-refractivity contribution in [2.75, 3.05) is 10.6 Å². The number of halogens is 1. The lowest BCUT2D eigenvalue weighted by molar-refractivity contribution is 0.0973. The number of hydrogen-bond donors (Lipinski definition) is 4. The third-order valence-electron chi connectivity index (χ3n) is 5.01. The zero-order valence-corrected chi connectivity index (χ0v) is 16.1. The number of H-pyrrole nitrogens is 1. The van der Waals surface area contributed by atoms with Crippen LogP contribution in [0.15, 0.2) is 48.7 Å². The molecule has 3 aromatic rings. The number of para-hydroxylation sites is 1. The topological polar surface area (TPSA) is 90.0 Å². The Morgan fingerprint density at radius 3 is 2.76 bits per heavy atom. The van der Waals surface area contributed by atoms with Crippen molar-refractivity contribution in [2.45, 2.75) is 38.6 Å². The van der Waals surface area contributed by atoms with Gasteiger partial charge in [-0.25, -0.2) is 9.37 Å². The SMILES string of the molecule is CC(F)C(O)Nc1cc(-c2[nH]c3c(c2Nc2ccccc2)C(=O)CCC3)ccn1. The van der Waals surface area contributed by atoms with Crippen LogP contribution in [0.3, 0.4) is 0 Å². The van der Waals surface area contributed by atoms with Gasteiger partial charge in [-0.2, -0.15) is 0 Å². The number of anilines is 3. The first-order valence-electron chi connectivity index (χ1n) is 9.68. The number of rotatable bonds is 6. The van der Waals surface area contributed by atoms with Crippen LogP contribution in [-0.4, -0.2) is 33.3 Å². The molecule has 1 aliphatic rings. The minimum absolute atomic E-state index is 0.112. The number of Topliss-reactive ketones (excluding diaryl/α,β-unsaturated/α-hetero) is 1. The average Bonchev–Trinajstić information content (AvgIpc) is 3.08. The normalized spacial score (nSPS) is 15.5. The van der Waals surface area contributed by atoms with E-state index >= 15 is 0 Å². The number of fused-ring (bicyclic) bond motifs is 1. The van der Waals surface area contributed by atoms with E-state index in [1.54, 1.807) is 12.3 Å². The fraction of sp³-hybridized carbons (Fsp3) is 0.273. The van der Waals surface area contributed by atoms with Crippen molar-refractivity contribution in [2.24, 2.45) is 0 Å². The number of aliphatic hydroxyl groups is 1. The number of alkyl halides is 1. The molecule has 2 heterocycles. The van der Waals surface area contributed by atoms with Gasteiger partial charge in [-0.1, -0.05) is 18.2 Å². The smallest absolute Gasteiger partial charge is 0.166 e. The molecule has 0 aliphatic heterocycles. The molecule has 2 unspecified atom stereocenters. The van der Waals surface area contributed by atoms with Gasteiger partial charge in [0.15, 0.2) is 12.0 Å². The van der Waals surface area contributed by atoms with Gasteiger partial charge in [0, 0.05) is 29.6 Å². The lowest BCUT2D eigenvalue weighted by Gasteiger charge is -2.15. The van der Waals surface area contributed by atoms with Gasteiger partial charge in [0.25, 0.3) is 0 Å². The highest BCUT2D eigenvalue weighted by molar-refractivity contribution is 6.07. The number of carbonyl (C=O) groups excluding carboxylic acids is 1. The van der Waals surface area contributed by atoms with E-state index in [2.05, 4.69) is 20.6 Å². The number of ketones is 1. The van der Waals surface area contributed by atoms with E-state index < -0.39 is 12.4 Å². The van der Waals surface area contributed by atoms with E-state index in [4.69, 9.17) is 0 Å². The lowest BCUT2D eigenvalue weighted by atomic mass is 9.95. The summed E-state index contributed by atoms with van der Waals surface area (Å²) in [5, 5.41) is 15.8. The lowest BCUT2D eigenvalue weighted by Crippen LogP contribution is -2.28. The average molecular weight is 394 g/mol. The summed E-state index contributed by atoms with van der Waals surface area (Å²) in [5.41, 5.74) is 4.76. The van der Waals surface area contributed by atoms with Gasteiger partial charge in [-0.3, -0.25) is 4.79 Å². The largest absolute Gasteiger partial charge is 0.371 e. The van der Waals surface area contributed by atoms with Crippen molar-refractivity contribution in [3.63, 3.8) is 0 Å². The Hall–Kier alpha value is -3.19. The maximum absolute atomic E-state index is 13.3. The van der Waals surface area contributed by atoms with Crippen molar-refractivity contribution in [3.05, 3.63) is 59.9 Å². The molecule has 7 heteroatoms. The Bertz CT molecular complexity index is 1020. The molecule has 0 fully saturated rings. The molecule has 1 aliphatic carbocycles. The Kier molecular flexibility index (Phi) is 5.31. The predicted molar refractivity (Wildman–Crippen MR) is 111 cm³/mol. The van der Waals surface area contributed by atoms with Crippen molar-refractivity contribution >= 4 is 23.0 Å². The van der Waals surface area contributed by atoms with E-state index in [9.17, 15) is 14.3 Å². The number of carbonyl (C=O) groups is 1. The number of hydrogen-bond acceptors (Lipinski definition) is 5. The first kappa shape index (κ1) is 19.1. The van der Waals surface area contributed by atoms with Crippen LogP contribution >= 0.6 is 0 Å². The Morgan fingerprint density at radius 2 is 2.00 bits per heavy atom. The summed E-state index contributed by atoms with van der Waals surface area (Å²) in [7, 11) is 0. The Morgan fingerprint density at radius 1 is 1.21 bits per heavy atom. The van der Waals surface area contributed by atoms with Crippen LogP contribution in [0.4, 0.5) is 21.6 Å². The van der Waals surface area contributed by atoms with E-state index in [1.165, 1.54) is 6.92 Å². The fourth-order valence-electron chi connectivity index (χ4n) is 3.54. The second-order valence-electron chi connectivity index (χ2n) is 7.19. The van der Waals surface area contributed by atoms with Gasteiger partial charge < -0.3 is 20.7 Å². The van der Waals surface area contributed by atoms with Crippen molar-refractivity contribution in [3.8, 4) is 11.3 Å². The van der Waals surface area contributed by atoms with Crippen LogP contribution in [0.2, 0.25) is 0 Å². The zero-order valence-electron chi connectivity index (χ0n) is 16.1. The van der Waals surface area contributed by atoms with Crippen molar-refractivity contribution in [1.29, 1.82) is 0 Å². The molecular formula is C22H23FN4O2. The highest BCUT2D eigenvalue weighted by Gasteiger charge is 2.27. The van der Waals surface area contributed by atoms with Crippen LogP contribution in [-0.2, 0) is 6.42 Å². The summed E-state index contributed by atoms with van der Waals surface area (Å²) >= 11 is 0. The molecule has 2 atom stereocenters. The van der Waals surface area contributed by atoms with Crippen LogP contribution in [0.25, 0.3) is 11.3 Å². The van der Waals surface area contributed by atoms with E-state index in [0.29, 0.717) is 17.8 Å². The predicted octanol–water partition coefficient (Wildman–Crippen LogP) is 4.43. The number of aromatic nitrogens is 2. The molecule has 0 saturated carbocycles. The molecule has 150 valence electrons. The molecule has 0 spiro atoms. The molecular weight excluding hydrogens is 371 g/mol. The summed E-state index contributed by atoms with van der Waals surface area (Å²) < 4.78 is 13.3. The van der Waals surface area contributed by atoms with Crippen LogP contribution in [0.5, 0.6) is 0 Å². The number of aryl methyl sites for hydroxylation is 1.